The van der Waals surface area contributed by atoms with Gasteiger partial charge in [-0.2, -0.15) is 0 Å². The van der Waals surface area contributed by atoms with E-state index < -0.39 is 6.04 Å². The van der Waals surface area contributed by atoms with Crippen LogP contribution in [0.3, 0.4) is 0 Å². The fraction of sp³-hybridized carbons (Fsp3) is 0.529. The Morgan fingerprint density at radius 3 is 2.65 bits per heavy atom. The molecule has 3 N–H and O–H groups in total. The van der Waals surface area contributed by atoms with Crippen molar-refractivity contribution in [3.05, 3.63) is 35.4 Å². The van der Waals surface area contributed by atoms with Crippen LogP contribution >= 0.6 is 12.4 Å². The summed E-state index contributed by atoms with van der Waals surface area (Å²) in [7, 11) is 0. The van der Waals surface area contributed by atoms with Crippen LogP contribution < -0.4 is 11.1 Å². The van der Waals surface area contributed by atoms with Gasteiger partial charge < -0.3 is 16.0 Å². The summed E-state index contributed by atoms with van der Waals surface area (Å²) in [6, 6.07) is 7.65. The highest BCUT2D eigenvalue weighted by Gasteiger charge is 2.27. The second kappa shape index (κ2) is 8.31. The lowest BCUT2D eigenvalue weighted by atomic mass is 9.93. The van der Waals surface area contributed by atoms with E-state index in [0.717, 1.165) is 6.42 Å². The third-order valence-electron chi connectivity index (χ3n) is 4.35. The molecule has 0 bridgehead atoms. The van der Waals surface area contributed by atoms with Crippen molar-refractivity contribution in [2.75, 3.05) is 13.1 Å². The van der Waals surface area contributed by atoms with E-state index in [4.69, 9.17) is 5.73 Å². The molecular formula is C17H26ClN3O2. The molecule has 0 saturated heterocycles. The number of rotatable bonds is 4. The van der Waals surface area contributed by atoms with Crippen molar-refractivity contribution in [1.29, 1.82) is 0 Å². The third-order valence-corrected chi connectivity index (χ3v) is 4.35. The van der Waals surface area contributed by atoms with Crippen molar-refractivity contribution in [1.82, 2.24) is 10.2 Å². The van der Waals surface area contributed by atoms with E-state index in [-0.39, 0.29) is 42.7 Å². The number of carbonyl (C=O) groups is 2. The first-order valence-electron chi connectivity index (χ1n) is 7.82. The quantitative estimate of drug-likeness (QED) is 0.875. The van der Waals surface area contributed by atoms with Crippen molar-refractivity contribution < 1.29 is 9.59 Å². The highest BCUT2D eigenvalue weighted by atomic mass is 35.5. The monoisotopic (exact) mass is 339 g/mol. The molecule has 2 atom stereocenters. The molecule has 0 aliphatic carbocycles. The van der Waals surface area contributed by atoms with Gasteiger partial charge in [0.25, 0.3) is 0 Å². The third kappa shape index (κ3) is 4.45. The Balaban J connectivity index is 0.00000264. The lowest BCUT2D eigenvalue weighted by Gasteiger charge is -2.35. The molecule has 2 rings (SSSR count). The van der Waals surface area contributed by atoms with Crippen LogP contribution in [0.25, 0.3) is 0 Å². The second-order valence-electron chi connectivity index (χ2n) is 6.20. The minimum absolute atomic E-state index is 0. The van der Waals surface area contributed by atoms with Crippen molar-refractivity contribution >= 4 is 24.2 Å². The number of amides is 2. The molecule has 23 heavy (non-hydrogen) atoms. The molecule has 0 saturated carbocycles. The van der Waals surface area contributed by atoms with E-state index in [0.29, 0.717) is 6.54 Å². The number of nitrogens with zero attached hydrogens (tertiary/aromatic N) is 1. The van der Waals surface area contributed by atoms with Gasteiger partial charge in [0.15, 0.2) is 0 Å². The molecule has 1 heterocycles. The van der Waals surface area contributed by atoms with Gasteiger partial charge in [-0.25, -0.2) is 0 Å². The molecule has 1 aromatic carbocycles. The van der Waals surface area contributed by atoms with E-state index in [1.165, 1.54) is 11.1 Å². The summed E-state index contributed by atoms with van der Waals surface area (Å²) < 4.78 is 0. The molecule has 6 heteroatoms. The van der Waals surface area contributed by atoms with Gasteiger partial charge in [-0.3, -0.25) is 9.59 Å². The van der Waals surface area contributed by atoms with Gasteiger partial charge in [0.05, 0.1) is 18.6 Å². The van der Waals surface area contributed by atoms with E-state index in [2.05, 4.69) is 17.4 Å². The zero-order valence-electron chi connectivity index (χ0n) is 13.9. The predicted octanol–water partition coefficient (Wildman–Crippen LogP) is 1.65. The fourth-order valence-corrected chi connectivity index (χ4v) is 2.80. The Bertz CT molecular complexity index is 563. The minimum Gasteiger partial charge on any atom is -0.346 e. The van der Waals surface area contributed by atoms with E-state index in [9.17, 15) is 9.59 Å². The minimum atomic E-state index is -0.577. The number of hydrogen-bond donors (Lipinski definition) is 2. The predicted molar refractivity (Wildman–Crippen MR) is 93.3 cm³/mol. The maximum absolute atomic E-state index is 12.4. The number of fused-ring (bicyclic) bond motifs is 1. The first-order valence-corrected chi connectivity index (χ1v) is 7.82. The summed E-state index contributed by atoms with van der Waals surface area (Å²) in [5.41, 5.74) is 8.26. The van der Waals surface area contributed by atoms with Gasteiger partial charge in [0, 0.05) is 6.54 Å². The average molecular weight is 340 g/mol. The highest BCUT2D eigenvalue weighted by molar-refractivity contribution is 5.87. The zero-order chi connectivity index (χ0) is 16.3. The van der Waals surface area contributed by atoms with E-state index >= 15 is 0 Å². The van der Waals surface area contributed by atoms with Gasteiger partial charge in [-0.05, 0) is 30.4 Å². The van der Waals surface area contributed by atoms with Crippen LogP contribution in [0.4, 0.5) is 0 Å². The number of benzene rings is 1. The lowest BCUT2D eigenvalue weighted by molar-refractivity contribution is -0.135. The summed E-state index contributed by atoms with van der Waals surface area (Å²) in [4.78, 5) is 26.1. The normalized spacial score (nSPS) is 18.0. The molecule has 5 nitrogen and oxygen atoms in total. The first kappa shape index (κ1) is 19.5. The Kier molecular flexibility index (Phi) is 7.03. The van der Waals surface area contributed by atoms with Crippen LogP contribution in [0.1, 0.15) is 37.9 Å². The maximum Gasteiger partial charge on any atom is 0.242 e. The Labute approximate surface area is 144 Å². The number of nitrogens with one attached hydrogen (secondary N) is 1. The largest absolute Gasteiger partial charge is 0.346 e. The van der Waals surface area contributed by atoms with Gasteiger partial charge in [-0.1, -0.05) is 38.1 Å². The lowest BCUT2D eigenvalue weighted by Crippen LogP contribution is -2.49. The van der Waals surface area contributed by atoms with Gasteiger partial charge in [-0.15, -0.1) is 12.4 Å². The zero-order valence-corrected chi connectivity index (χ0v) is 14.7. The Morgan fingerprint density at radius 1 is 1.35 bits per heavy atom. The summed E-state index contributed by atoms with van der Waals surface area (Å²) >= 11 is 0. The number of carbonyl (C=O) groups excluding carboxylic acids is 2. The molecule has 0 spiro atoms. The SMILES string of the molecule is CC(C)[C@H](N)C(=O)NCC(=O)N1CCc2ccccc2C1C.Cl. The van der Waals surface area contributed by atoms with Crippen LogP contribution in [0.5, 0.6) is 0 Å². The Hall–Kier alpha value is -1.59. The topological polar surface area (TPSA) is 75.4 Å². The van der Waals surface area contributed by atoms with E-state index in [1.807, 2.05) is 37.8 Å². The standard InChI is InChI=1S/C17H25N3O2.ClH/c1-11(2)16(18)17(22)19-10-15(21)20-9-8-13-6-4-5-7-14(13)12(20)3;/h4-7,11-12,16H,8-10,18H2,1-3H3,(H,19,22);1H/t12?,16-;/m0./s1. The molecule has 1 unspecified atom stereocenters. The molecule has 1 aromatic rings. The van der Waals surface area contributed by atoms with Gasteiger partial charge in [0.1, 0.15) is 0 Å². The van der Waals surface area contributed by atoms with Crippen molar-refractivity contribution in [3.63, 3.8) is 0 Å². The molecule has 2 amide bonds. The molecule has 0 radical (unpaired) electrons. The van der Waals surface area contributed by atoms with Crippen LogP contribution in [0.2, 0.25) is 0 Å². The second-order valence-corrected chi connectivity index (χ2v) is 6.20. The fourth-order valence-electron chi connectivity index (χ4n) is 2.80. The van der Waals surface area contributed by atoms with Crippen LogP contribution in [-0.4, -0.2) is 35.8 Å². The molecular weight excluding hydrogens is 314 g/mol. The van der Waals surface area contributed by atoms with Gasteiger partial charge >= 0.3 is 0 Å². The van der Waals surface area contributed by atoms with Crippen LogP contribution in [-0.2, 0) is 16.0 Å². The van der Waals surface area contributed by atoms with Crippen molar-refractivity contribution in [2.24, 2.45) is 11.7 Å². The Morgan fingerprint density at radius 2 is 2.00 bits per heavy atom. The smallest absolute Gasteiger partial charge is 0.242 e. The summed E-state index contributed by atoms with van der Waals surface area (Å²) in [5.74, 6) is -0.282. The van der Waals surface area contributed by atoms with Crippen LogP contribution in [0, 0.1) is 5.92 Å². The highest BCUT2D eigenvalue weighted by Crippen LogP contribution is 2.28. The van der Waals surface area contributed by atoms with Crippen molar-refractivity contribution in [2.45, 2.75) is 39.3 Å². The van der Waals surface area contributed by atoms with Crippen molar-refractivity contribution in [3.8, 4) is 0 Å². The summed E-state index contributed by atoms with van der Waals surface area (Å²) in [6.07, 6.45) is 0.853. The molecule has 1 aliphatic rings. The van der Waals surface area contributed by atoms with Gasteiger partial charge in [0.2, 0.25) is 11.8 Å². The molecule has 0 fully saturated rings. The molecule has 0 aromatic heterocycles. The number of hydrogen-bond acceptors (Lipinski definition) is 3. The number of nitrogens with two attached hydrogens (primary N) is 1. The average Bonchev–Trinajstić information content (AvgIpc) is 2.52. The maximum atomic E-state index is 12.4. The molecule has 128 valence electrons. The first-order chi connectivity index (χ1) is 10.4. The van der Waals surface area contributed by atoms with E-state index in [1.54, 1.807) is 0 Å². The summed E-state index contributed by atoms with van der Waals surface area (Å²) in [6.45, 7) is 6.48. The summed E-state index contributed by atoms with van der Waals surface area (Å²) in [5, 5.41) is 2.65. The number of halogens is 1. The molecule has 1 aliphatic heterocycles. The van der Waals surface area contributed by atoms with Crippen LogP contribution in [0.15, 0.2) is 24.3 Å².